The molecule has 0 amide bonds. The number of carboxylic acids is 1. The van der Waals surface area contributed by atoms with Gasteiger partial charge in [-0.3, -0.25) is 0 Å². The van der Waals surface area contributed by atoms with E-state index in [2.05, 4.69) is 20.8 Å². The van der Waals surface area contributed by atoms with E-state index in [4.69, 9.17) is 10.8 Å². The summed E-state index contributed by atoms with van der Waals surface area (Å²) in [5, 5.41) is 8.86. The Kier molecular flexibility index (Phi) is 3.66. The number of hydrogen-bond donors (Lipinski definition) is 2. The maximum atomic E-state index is 10.8. The SMILES string of the molecule is CN(CC(C)(C)C)c1ccc(C(=O)O)cc1N. The van der Waals surface area contributed by atoms with Crippen molar-refractivity contribution >= 4 is 17.3 Å². The number of anilines is 2. The van der Waals surface area contributed by atoms with Crippen LogP contribution in [-0.4, -0.2) is 24.7 Å². The quantitative estimate of drug-likeness (QED) is 0.791. The van der Waals surface area contributed by atoms with Crippen molar-refractivity contribution in [1.29, 1.82) is 0 Å². The molecule has 4 nitrogen and oxygen atoms in total. The first-order valence-electron chi connectivity index (χ1n) is 5.55. The van der Waals surface area contributed by atoms with Crippen LogP contribution in [0, 0.1) is 5.41 Å². The first-order valence-corrected chi connectivity index (χ1v) is 5.55. The number of hydrogen-bond acceptors (Lipinski definition) is 3. The van der Waals surface area contributed by atoms with Gasteiger partial charge in [0.15, 0.2) is 0 Å². The van der Waals surface area contributed by atoms with Gasteiger partial charge in [0.05, 0.1) is 16.9 Å². The predicted molar refractivity (Wildman–Crippen MR) is 70.5 cm³/mol. The fourth-order valence-corrected chi connectivity index (χ4v) is 1.83. The van der Waals surface area contributed by atoms with Crippen molar-refractivity contribution in [2.45, 2.75) is 20.8 Å². The first-order chi connectivity index (χ1) is 7.70. The van der Waals surface area contributed by atoms with Crippen LogP contribution >= 0.6 is 0 Å². The zero-order valence-electron chi connectivity index (χ0n) is 10.8. The van der Waals surface area contributed by atoms with Gasteiger partial charge < -0.3 is 15.7 Å². The Hall–Kier alpha value is -1.71. The van der Waals surface area contributed by atoms with Crippen molar-refractivity contribution in [2.24, 2.45) is 5.41 Å². The molecule has 1 rings (SSSR count). The molecule has 0 unspecified atom stereocenters. The van der Waals surface area contributed by atoms with Crippen molar-refractivity contribution in [3.63, 3.8) is 0 Å². The van der Waals surface area contributed by atoms with Gasteiger partial charge in [-0.1, -0.05) is 20.8 Å². The van der Waals surface area contributed by atoms with Gasteiger partial charge in [-0.05, 0) is 23.6 Å². The maximum absolute atomic E-state index is 10.8. The molecular weight excluding hydrogens is 216 g/mol. The molecule has 0 spiro atoms. The molecule has 0 saturated carbocycles. The third-order valence-electron chi connectivity index (χ3n) is 2.40. The number of aromatic carboxylic acids is 1. The topological polar surface area (TPSA) is 66.6 Å². The molecule has 0 bridgehead atoms. The molecule has 0 radical (unpaired) electrons. The second-order valence-corrected chi connectivity index (χ2v) is 5.50. The van der Waals surface area contributed by atoms with E-state index in [0.717, 1.165) is 12.2 Å². The highest BCUT2D eigenvalue weighted by atomic mass is 16.4. The molecule has 0 atom stereocenters. The zero-order valence-corrected chi connectivity index (χ0v) is 10.8. The third-order valence-corrected chi connectivity index (χ3v) is 2.40. The molecule has 0 aromatic heterocycles. The fraction of sp³-hybridized carbons (Fsp3) is 0.462. The van der Waals surface area contributed by atoms with Crippen molar-refractivity contribution < 1.29 is 9.90 Å². The van der Waals surface area contributed by atoms with Crippen LogP contribution in [0.3, 0.4) is 0 Å². The average molecular weight is 236 g/mol. The van der Waals surface area contributed by atoms with E-state index in [9.17, 15) is 4.79 Å². The lowest BCUT2D eigenvalue weighted by atomic mass is 9.96. The highest BCUT2D eigenvalue weighted by molar-refractivity contribution is 5.90. The summed E-state index contributed by atoms with van der Waals surface area (Å²) in [7, 11) is 1.96. The largest absolute Gasteiger partial charge is 0.478 e. The number of rotatable bonds is 3. The van der Waals surface area contributed by atoms with Crippen molar-refractivity contribution in [3.8, 4) is 0 Å². The molecule has 0 saturated heterocycles. The van der Waals surface area contributed by atoms with Gasteiger partial charge in [-0.2, -0.15) is 0 Å². The average Bonchev–Trinajstić information content (AvgIpc) is 2.14. The first kappa shape index (κ1) is 13.4. The number of benzene rings is 1. The summed E-state index contributed by atoms with van der Waals surface area (Å²) < 4.78 is 0. The van der Waals surface area contributed by atoms with Gasteiger partial charge >= 0.3 is 5.97 Å². The fourth-order valence-electron chi connectivity index (χ4n) is 1.83. The monoisotopic (exact) mass is 236 g/mol. The molecular formula is C13H20N2O2. The third kappa shape index (κ3) is 3.66. The van der Waals surface area contributed by atoms with Gasteiger partial charge in [0.2, 0.25) is 0 Å². The van der Waals surface area contributed by atoms with Crippen molar-refractivity contribution in [2.75, 3.05) is 24.2 Å². The minimum Gasteiger partial charge on any atom is -0.478 e. The summed E-state index contributed by atoms with van der Waals surface area (Å²) in [5.41, 5.74) is 7.61. The van der Waals surface area contributed by atoms with Gasteiger partial charge in [-0.25, -0.2) is 4.79 Å². The molecule has 0 aliphatic heterocycles. The van der Waals surface area contributed by atoms with E-state index in [1.54, 1.807) is 12.1 Å². The second-order valence-electron chi connectivity index (χ2n) is 5.50. The summed E-state index contributed by atoms with van der Waals surface area (Å²) in [5.74, 6) is -0.957. The molecule has 94 valence electrons. The van der Waals surface area contributed by atoms with Gasteiger partial charge in [0.25, 0.3) is 0 Å². The molecule has 0 aliphatic rings. The molecule has 0 fully saturated rings. The Bertz CT molecular complexity index is 422. The predicted octanol–water partition coefficient (Wildman–Crippen LogP) is 2.45. The van der Waals surface area contributed by atoms with Crippen LogP contribution in [-0.2, 0) is 0 Å². The van der Waals surface area contributed by atoms with Crippen LogP contribution in [0.25, 0.3) is 0 Å². The Morgan fingerprint density at radius 3 is 2.41 bits per heavy atom. The van der Waals surface area contributed by atoms with E-state index in [0.29, 0.717) is 5.69 Å². The van der Waals surface area contributed by atoms with Gasteiger partial charge in [-0.15, -0.1) is 0 Å². The normalized spacial score (nSPS) is 11.3. The van der Waals surface area contributed by atoms with Crippen LogP contribution in [0.5, 0.6) is 0 Å². The Morgan fingerprint density at radius 2 is 2.00 bits per heavy atom. The molecule has 4 heteroatoms. The molecule has 0 heterocycles. The summed E-state index contributed by atoms with van der Waals surface area (Å²) in [4.78, 5) is 12.8. The summed E-state index contributed by atoms with van der Waals surface area (Å²) in [6.45, 7) is 7.28. The summed E-state index contributed by atoms with van der Waals surface area (Å²) >= 11 is 0. The number of carboxylic acid groups (broad SMARTS) is 1. The smallest absolute Gasteiger partial charge is 0.335 e. The van der Waals surface area contributed by atoms with E-state index in [-0.39, 0.29) is 11.0 Å². The maximum Gasteiger partial charge on any atom is 0.335 e. The molecule has 0 aliphatic carbocycles. The standard InChI is InChI=1S/C13H20N2O2/c1-13(2,3)8-15(4)11-6-5-9(12(16)17)7-10(11)14/h5-7H,8,14H2,1-4H3,(H,16,17). The number of nitrogen functional groups attached to an aromatic ring is 1. The molecule has 1 aromatic rings. The van der Waals surface area contributed by atoms with Crippen LogP contribution in [0.15, 0.2) is 18.2 Å². The van der Waals surface area contributed by atoms with E-state index in [1.807, 2.05) is 11.9 Å². The molecule has 3 N–H and O–H groups in total. The highest BCUT2D eigenvalue weighted by Crippen LogP contribution is 2.26. The van der Waals surface area contributed by atoms with Gasteiger partial charge in [0.1, 0.15) is 0 Å². The van der Waals surface area contributed by atoms with Crippen molar-refractivity contribution in [1.82, 2.24) is 0 Å². The van der Waals surface area contributed by atoms with Gasteiger partial charge in [0, 0.05) is 13.6 Å². The molecule has 17 heavy (non-hydrogen) atoms. The molecule has 1 aromatic carbocycles. The zero-order chi connectivity index (χ0) is 13.2. The van der Waals surface area contributed by atoms with Crippen LogP contribution in [0.2, 0.25) is 0 Å². The highest BCUT2D eigenvalue weighted by Gasteiger charge is 2.16. The lowest BCUT2D eigenvalue weighted by Gasteiger charge is -2.29. The lowest BCUT2D eigenvalue weighted by Crippen LogP contribution is -2.29. The lowest BCUT2D eigenvalue weighted by molar-refractivity contribution is 0.0697. The Labute approximate surface area is 102 Å². The van der Waals surface area contributed by atoms with E-state index in [1.165, 1.54) is 6.07 Å². The minimum absolute atomic E-state index is 0.159. The van der Waals surface area contributed by atoms with E-state index < -0.39 is 5.97 Å². The minimum atomic E-state index is -0.957. The summed E-state index contributed by atoms with van der Waals surface area (Å²) in [6, 6.07) is 4.83. The summed E-state index contributed by atoms with van der Waals surface area (Å²) in [6.07, 6.45) is 0. The second kappa shape index (κ2) is 4.65. The number of carbonyl (C=O) groups is 1. The van der Waals surface area contributed by atoms with Crippen LogP contribution in [0.4, 0.5) is 11.4 Å². The van der Waals surface area contributed by atoms with Crippen LogP contribution in [0.1, 0.15) is 31.1 Å². The Balaban J connectivity index is 2.96. The number of nitrogens with zero attached hydrogens (tertiary/aromatic N) is 1. The Morgan fingerprint density at radius 1 is 1.41 bits per heavy atom. The van der Waals surface area contributed by atoms with Crippen molar-refractivity contribution in [3.05, 3.63) is 23.8 Å². The number of nitrogens with two attached hydrogens (primary N) is 1. The van der Waals surface area contributed by atoms with E-state index >= 15 is 0 Å². The van der Waals surface area contributed by atoms with Crippen LogP contribution < -0.4 is 10.6 Å².